The molecule has 2 aliphatic heterocycles. The minimum atomic E-state index is -0.460. The third kappa shape index (κ3) is 3.09. The number of amides is 1. The summed E-state index contributed by atoms with van der Waals surface area (Å²) >= 11 is 0. The van der Waals surface area contributed by atoms with Gasteiger partial charge in [-0.1, -0.05) is 6.92 Å². The molecule has 1 aromatic heterocycles. The number of aromatic nitrogens is 2. The molecule has 3 heterocycles. The summed E-state index contributed by atoms with van der Waals surface area (Å²) in [5.74, 6) is 1.92. The van der Waals surface area contributed by atoms with E-state index in [9.17, 15) is 4.79 Å². The van der Waals surface area contributed by atoms with Gasteiger partial charge in [-0.15, -0.1) is 0 Å². The Balaban J connectivity index is 1.36. The van der Waals surface area contributed by atoms with E-state index in [1.807, 2.05) is 12.1 Å². The van der Waals surface area contributed by atoms with Crippen molar-refractivity contribution in [2.75, 3.05) is 36.5 Å². The fourth-order valence-electron chi connectivity index (χ4n) is 5.19. The zero-order valence-corrected chi connectivity index (χ0v) is 16.8. The fourth-order valence-corrected chi connectivity index (χ4v) is 5.19. The molecule has 7 nitrogen and oxygen atoms in total. The number of carbonyl (C=O) groups is 1. The van der Waals surface area contributed by atoms with E-state index in [1.165, 1.54) is 28.9 Å². The first-order chi connectivity index (χ1) is 14.1. The average Bonchev–Trinajstić information content (AvgIpc) is 3.28. The topological polar surface area (TPSA) is 93.4 Å². The molecule has 1 atom stereocenters. The molecule has 0 bridgehead atoms. The maximum absolute atomic E-state index is 11.0. The lowest BCUT2D eigenvalue weighted by molar-refractivity contribution is -0.119. The highest BCUT2D eigenvalue weighted by Crippen LogP contribution is 2.46. The Morgan fingerprint density at radius 1 is 1.34 bits per heavy atom. The zero-order chi connectivity index (χ0) is 20.0. The fraction of sp³-hybridized carbons (Fsp3) is 0.500. The molecular formula is C22H27N5O2. The molecule has 1 saturated heterocycles. The minimum Gasteiger partial charge on any atom is -0.484 e. The number of carbonyl (C=O) groups excluding carboxylic acids is 1. The van der Waals surface area contributed by atoms with Gasteiger partial charge < -0.3 is 20.7 Å². The van der Waals surface area contributed by atoms with Gasteiger partial charge in [-0.3, -0.25) is 4.79 Å². The number of rotatable bonds is 4. The average molecular weight is 393 g/mol. The number of nitrogens with two attached hydrogens (primary N) is 1. The number of piperidine rings is 1. The van der Waals surface area contributed by atoms with Crippen LogP contribution in [0.1, 0.15) is 48.9 Å². The highest BCUT2D eigenvalue weighted by Gasteiger charge is 2.42. The van der Waals surface area contributed by atoms with Crippen LogP contribution in [0, 0.1) is 0 Å². The maximum Gasteiger partial charge on any atom is 0.255 e. The van der Waals surface area contributed by atoms with E-state index >= 15 is 0 Å². The van der Waals surface area contributed by atoms with Crippen LogP contribution in [0.3, 0.4) is 0 Å². The van der Waals surface area contributed by atoms with Gasteiger partial charge in [0.2, 0.25) is 0 Å². The molecule has 1 aromatic carbocycles. The van der Waals surface area contributed by atoms with E-state index in [4.69, 9.17) is 10.5 Å². The van der Waals surface area contributed by atoms with Crippen molar-refractivity contribution >= 4 is 17.4 Å². The standard InChI is InChI=1S/C22H27N5O2/c1-14-2-4-18-20(14)21(26-13-25-18)27-8-6-22(7-9-27)12-24-17-5-3-15(10-16(17)22)29-11-19(23)28/h3,5,10,13-14,24H,2,4,6-9,11-12H2,1H3,(H2,23,28). The van der Waals surface area contributed by atoms with Crippen LogP contribution in [-0.2, 0) is 16.6 Å². The molecule has 29 heavy (non-hydrogen) atoms. The Labute approximate surface area is 170 Å². The molecule has 3 N–H and O–H groups in total. The molecule has 2 aromatic rings. The summed E-state index contributed by atoms with van der Waals surface area (Å²) in [4.78, 5) is 22.7. The lowest BCUT2D eigenvalue weighted by Gasteiger charge is -2.40. The van der Waals surface area contributed by atoms with E-state index in [1.54, 1.807) is 6.33 Å². The molecule has 5 rings (SSSR count). The second kappa shape index (κ2) is 6.90. The van der Waals surface area contributed by atoms with Gasteiger partial charge >= 0.3 is 0 Å². The minimum absolute atomic E-state index is 0.0933. The monoisotopic (exact) mass is 393 g/mol. The number of primary amides is 1. The first kappa shape index (κ1) is 18.2. The highest BCUT2D eigenvalue weighted by atomic mass is 16.5. The molecule has 7 heteroatoms. The molecule has 0 radical (unpaired) electrons. The normalized spacial score (nSPS) is 21.6. The summed E-state index contributed by atoms with van der Waals surface area (Å²) in [5.41, 5.74) is 10.4. The van der Waals surface area contributed by atoms with Crippen LogP contribution in [0.5, 0.6) is 5.75 Å². The molecule has 3 aliphatic rings. The van der Waals surface area contributed by atoms with Crippen molar-refractivity contribution in [3.05, 3.63) is 41.3 Å². The number of hydrogen-bond donors (Lipinski definition) is 2. The third-order valence-corrected chi connectivity index (χ3v) is 6.83. The summed E-state index contributed by atoms with van der Waals surface area (Å²) in [6.07, 6.45) is 6.07. The summed E-state index contributed by atoms with van der Waals surface area (Å²) in [7, 11) is 0. The first-order valence-corrected chi connectivity index (χ1v) is 10.4. The Hall–Kier alpha value is -2.83. The predicted molar refractivity (Wildman–Crippen MR) is 112 cm³/mol. The van der Waals surface area contributed by atoms with Crippen molar-refractivity contribution in [2.24, 2.45) is 5.73 Å². The largest absolute Gasteiger partial charge is 0.484 e. The molecule has 1 amide bonds. The Morgan fingerprint density at radius 2 is 2.17 bits per heavy atom. The Morgan fingerprint density at radius 3 is 2.97 bits per heavy atom. The number of nitrogens with zero attached hydrogens (tertiary/aromatic N) is 3. The molecule has 1 fully saturated rings. The van der Waals surface area contributed by atoms with Gasteiger partial charge in [0.25, 0.3) is 5.91 Å². The second-order valence-electron chi connectivity index (χ2n) is 8.58. The molecule has 152 valence electrons. The van der Waals surface area contributed by atoms with Gasteiger partial charge in [-0.2, -0.15) is 0 Å². The Kier molecular flexibility index (Phi) is 4.33. The summed E-state index contributed by atoms with van der Waals surface area (Å²) in [5, 5.41) is 3.56. The van der Waals surface area contributed by atoms with E-state index < -0.39 is 5.91 Å². The van der Waals surface area contributed by atoms with Crippen LogP contribution < -0.4 is 20.7 Å². The van der Waals surface area contributed by atoms with E-state index in [-0.39, 0.29) is 12.0 Å². The number of anilines is 2. The summed E-state index contributed by atoms with van der Waals surface area (Å²) < 4.78 is 5.55. The third-order valence-electron chi connectivity index (χ3n) is 6.83. The van der Waals surface area contributed by atoms with Crippen molar-refractivity contribution in [1.29, 1.82) is 0 Å². The number of aryl methyl sites for hydroxylation is 1. The van der Waals surface area contributed by atoms with Gasteiger partial charge in [-0.25, -0.2) is 9.97 Å². The van der Waals surface area contributed by atoms with Gasteiger partial charge in [0.05, 0.1) is 0 Å². The number of fused-ring (bicyclic) bond motifs is 3. The van der Waals surface area contributed by atoms with Crippen LogP contribution >= 0.6 is 0 Å². The molecule has 1 spiro atoms. The lowest BCUT2D eigenvalue weighted by atomic mass is 9.74. The van der Waals surface area contributed by atoms with E-state index in [0.717, 1.165) is 44.7 Å². The van der Waals surface area contributed by atoms with Crippen molar-refractivity contribution in [1.82, 2.24) is 9.97 Å². The summed E-state index contributed by atoms with van der Waals surface area (Å²) in [6.45, 7) is 5.08. The van der Waals surface area contributed by atoms with E-state index in [2.05, 4.69) is 33.2 Å². The van der Waals surface area contributed by atoms with Gasteiger partial charge in [-0.05, 0) is 55.4 Å². The number of benzene rings is 1. The Bertz CT molecular complexity index is 952. The number of ether oxygens (including phenoxy) is 1. The van der Waals surface area contributed by atoms with Crippen molar-refractivity contribution < 1.29 is 9.53 Å². The molecule has 0 saturated carbocycles. The van der Waals surface area contributed by atoms with Crippen molar-refractivity contribution in [3.63, 3.8) is 0 Å². The highest BCUT2D eigenvalue weighted by molar-refractivity contribution is 5.75. The predicted octanol–water partition coefficient (Wildman–Crippen LogP) is 2.35. The SMILES string of the molecule is CC1CCc2ncnc(N3CCC4(CC3)CNc3ccc(OCC(N)=O)cc34)c21. The lowest BCUT2D eigenvalue weighted by Crippen LogP contribution is -2.44. The second-order valence-corrected chi connectivity index (χ2v) is 8.58. The van der Waals surface area contributed by atoms with Crippen LogP contribution in [0.4, 0.5) is 11.5 Å². The van der Waals surface area contributed by atoms with Gasteiger partial charge in [0.15, 0.2) is 6.61 Å². The molecule has 1 unspecified atom stereocenters. The molecular weight excluding hydrogens is 366 g/mol. The molecule has 1 aliphatic carbocycles. The maximum atomic E-state index is 11.0. The smallest absolute Gasteiger partial charge is 0.255 e. The van der Waals surface area contributed by atoms with Crippen molar-refractivity contribution in [2.45, 2.75) is 43.9 Å². The zero-order valence-electron chi connectivity index (χ0n) is 16.8. The van der Waals surface area contributed by atoms with Crippen LogP contribution in [0.2, 0.25) is 0 Å². The summed E-state index contributed by atoms with van der Waals surface area (Å²) in [6, 6.07) is 6.03. The van der Waals surface area contributed by atoms with Crippen LogP contribution in [0.15, 0.2) is 24.5 Å². The van der Waals surface area contributed by atoms with Crippen LogP contribution in [-0.4, -0.2) is 42.1 Å². The van der Waals surface area contributed by atoms with Crippen LogP contribution in [0.25, 0.3) is 0 Å². The van der Waals surface area contributed by atoms with Gasteiger partial charge in [0, 0.05) is 42.0 Å². The quantitative estimate of drug-likeness (QED) is 0.828. The van der Waals surface area contributed by atoms with E-state index in [0.29, 0.717) is 11.7 Å². The first-order valence-electron chi connectivity index (χ1n) is 10.4. The van der Waals surface area contributed by atoms with Gasteiger partial charge in [0.1, 0.15) is 17.9 Å². The van der Waals surface area contributed by atoms with Crippen molar-refractivity contribution in [3.8, 4) is 5.75 Å². The number of nitrogens with one attached hydrogen (secondary N) is 1. The number of hydrogen-bond acceptors (Lipinski definition) is 6.